The van der Waals surface area contributed by atoms with Crippen molar-refractivity contribution in [1.82, 2.24) is 19.9 Å². The number of pyridine rings is 4. The zero-order chi connectivity index (χ0) is 35.6. The molecule has 50 heavy (non-hydrogen) atoms. The van der Waals surface area contributed by atoms with Crippen molar-refractivity contribution in [2.24, 2.45) is 0 Å². The molecule has 278 valence electrons. The van der Waals surface area contributed by atoms with Crippen LogP contribution in [-0.4, -0.2) is 65.2 Å². The largest absolute Gasteiger partial charge is 1.00 e. The SMILES string of the molecule is CC(C)(C)P(CCP(c1ccccn1)C(C)(C)C)c1ccccn1.CC(C)(C)P(CCP(c1ccccn1)C(C)(C)C)c1ccccn1.[Au+].[I-]. The Hall–Kier alpha value is -0.210. The van der Waals surface area contributed by atoms with Crippen molar-refractivity contribution >= 4 is 53.4 Å². The van der Waals surface area contributed by atoms with Crippen LogP contribution in [0.5, 0.6) is 0 Å². The molecule has 0 amide bonds. The number of halogens is 1. The van der Waals surface area contributed by atoms with Crippen LogP contribution in [0, 0.1) is 0 Å². The summed E-state index contributed by atoms with van der Waals surface area (Å²) in [5.41, 5.74) is 5.13. The Bertz CT molecular complexity index is 1250. The maximum Gasteiger partial charge on any atom is 1.00 e. The molecule has 4 heterocycles. The van der Waals surface area contributed by atoms with Crippen LogP contribution in [0.4, 0.5) is 0 Å². The van der Waals surface area contributed by atoms with Gasteiger partial charge >= 0.3 is 22.4 Å². The zero-order valence-electron chi connectivity index (χ0n) is 32.3. The summed E-state index contributed by atoms with van der Waals surface area (Å²) in [6.07, 6.45) is 12.6. The summed E-state index contributed by atoms with van der Waals surface area (Å²) >= 11 is 0. The topological polar surface area (TPSA) is 51.6 Å². The van der Waals surface area contributed by atoms with Crippen LogP contribution in [0.3, 0.4) is 0 Å². The van der Waals surface area contributed by atoms with Crippen LogP contribution in [0.15, 0.2) is 97.6 Å². The normalized spacial score (nSPS) is 14.5. The zero-order valence-corrected chi connectivity index (χ0v) is 40.2. The molecule has 0 aliphatic carbocycles. The summed E-state index contributed by atoms with van der Waals surface area (Å²) in [6, 6.07) is 25.3. The minimum absolute atomic E-state index is 0. The molecular weight excluding hydrogens is 984 g/mol. The fraction of sp³-hybridized carbons (Fsp3) is 0.500. The van der Waals surface area contributed by atoms with Gasteiger partial charge in [0.2, 0.25) is 0 Å². The Kier molecular flexibility index (Phi) is 20.7. The molecular formula is C40H60AuIN4P4. The van der Waals surface area contributed by atoms with Crippen molar-refractivity contribution < 1.29 is 46.4 Å². The summed E-state index contributed by atoms with van der Waals surface area (Å²) in [6.45, 7) is 28.3. The average Bonchev–Trinajstić information content (AvgIpc) is 3.01. The van der Waals surface area contributed by atoms with Gasteiger partial charge in [-0.2, -0.15) is 0 Å². The van der Waals surface area contributed by atoms with Crippen molar-refractivity contribution in [3.63, 3.8) is 0 Å². The van der Waals surface area contributed by atoms with Gasteiger partial charge < -0.3 is 24.0 Å². The summed E-state index contributed by atoms with van der Waals surface area (Å²) in [7, 11) is -1.16. The summed E-state index contributed by atoms with van der Waals surface area (Å²) in [5, 5.41) is 1.08. The Morgan fingerprint density at radius 1 is 0.360 bits per heavy atom. The maximum absolute atomic E-state index is 4.68. The molecule has 0 fully saturated rings. The average molecular weight is 1040 g/mol. The van der Waals surface area contributed by atoms with Crippen LogP contribution in [0.2, 0.25) is 0 Å². The first-order chi connectivity index (χ1) is 22.4. The molecule has 0 saturated heterocycles. The van der Waals surface area contributed by atoms with E-state index in [1.807, 2.05) is 49.1 Å². The second-order valence-electron chi connectivity index (χ2n) is 16.0. The molecule has 4 unspecified atom stereocenters. The van der Waals surface area contributed by atoms with E-state index < -0.39 is 0 Å². The molecule has 4 nitrogen and oxygen atoms in total. The second kappa shape index (κ2) is 21.6. The predicted molar refractivity (Wildman–Crippen MR) is 222 cm³/mol. The molecule has 4 rings (SSSR count). The van der Waals surface area contributed by atoms with E-state index in [-0.39, 0.29) is 98.7 Å². The third-order valence-corrected chi connectivity index (χ3v) is 21.2. The molecule has 0 spiro atoms. The minimum atomic E-state index is -0.290. The van der Waals surface area contributed by atoms with E-state index in [0.717, 1.165) is 0 Å². The summed E-state index contributed by atoms with van der Waals surface area (Å²) < 4.78 is 0. The number of nitrogens with zero attached hydrogens (tertiary/aromatic N) is 4. The standard InChI is InChI=1S/2C20H30N2P2.Au.HI/c2*1-19(2,3)23(17-11-7-9-13-21-17)15-16-24(20(4,5)6)18-12-8-10-14-22-18;;/h2*7-14H,15-16H2,1-6H3;;1H/q;;+1;/p-1. The molecule has 0 radical (unpaired) electrons. The first-order valence-corrected chi connectivity index (χ1v) is 23.2. The first-order valence-electron chi connectivity index (χ1n) is 17.1. The Balaban J connectivity index is 0.000000481. The van der Waals surface area contributed by atoms with Crippen LogP contribution >= 0.6 is 31.7 Å². The van der Waals surface area contributed by atoms with Gasteiger partial charge in [-0.1, -0.05) is 107 Å². The van der Waals surface area contributed by atoms with Crippen molar-refractivity contribution in [2.45, 2.75) is 104 Å². The molecule has 0 aliphatic heterocycles. The van der Waals surface area contributed by atoms with Gasteiger partial charge in [-0.3, -0.25) is 19.9 Å². The van der Waals surface area contributed by atoms with Crippen LogP contribution in [-0.2, 0) is 22.4 Å². The van der Waals surface area contributed by atoms with Gasteiger partial charge in [0, 0.05) is 24.8 Å². The van der Waals surface area contributed by atoms with E-state index in [9.17, 15) is 0 Å². The third-order valence-electron chi connectivity index (χ3n) is 8.04. The van der Waals surface area contributed by atoms with Gasteiger partial charge in [0.1, 0.15) is 0 Å². The molecule has 10 heteroatoms. The molecule has 4 atom stereocenters. The van der Waals surface area contributed by atoms with Crippen molar-refractivity contribution in [2.75, 3.05) is 24.6 Å². The van der Waals surface area contributed by atoms with Gasteiger partial charge in [-0.15, -0.1) is 0 Å². The number of rotatable bonds is 10. The van der Waals surface area contributed by atoms with Crippen LogP contribution < -0.4 is 45.7 Å². The van der Waals surface area contributed by atoms with E-state index >= 15 is 0 Å². The van der Waals surface area contributed by atoms with Gasteiger partial charge in [0.05, 0.1) is 21.7 Å². The van der Waals surface area contributed by atoms with Gasteiger partial charge in [0.15, 0.2) is 0 Å². The smallest absolute Gasteiger partial charge is 1.00 e. The van der Waals surface area contributed by atoms with Gasteiger partial charge in [0.25, 0.3) is 0 Å². The fourth-order valence-corrected chi connectivity index (χ4v) is 17.1. The molecule has 4 aromatic heterocycles. The fourth-order valence-electron chi connectivity index (χ4n) is 5.63. The quantitative estimate of drug-likeness (QED) is 0.0979. The van der Waals surface area contributed by atoms with Gasteiger partial charge in [-0.25, -0.2) is 0 Å². The van der Waals surface area contributed by atoms with Crippen LogP contribution in [0.1, 0.15) is 83.1 Å². The maximum atomic E-state index is 4.68. The molecule has 0 aromatic carbocycles. The molecule has 0 saturated carbocycles. The predicted octanol–water partition coefficient (Wildman–Crippen LogP) is 6.98. The number of hydrogen-bond acceptors (Lipinski definition) is 4. The Labute approximate surface area is 343 Å². The van der Waals surface area contributed by atoms with E-state index in [1.54, 1.807) is 0 Å². The van der Waals surface area contributed by atoms with E-state index in [1.165, 1.54) is 46.4 Å². The van der Waals surface area contributed by atoms with Gasteiger partial charge in [-0.05, 0) is 125 Å². The Morgan fingerprint density at radius 2 is 0.540 bits per heavy atom. The van der Waals surface area contributed by atoms with Crippen molar-refractivity contribution in [1.29, 1.82) is 0 Å². The Morgan fingerprint density at radius 3 is 0.660 bits per heavy atom. The van der Waals surface area contributed by atoms with Crippen LogP contribution in [0.25, 0.3) is 0 Å². The second-order valence-corrected chi connectivity index (χ2v) is 28.5. The van der Waals surface area contributed by atoms with Crippen molar-refractivity contribution in [3.8, 4) is 0 Å². The van der Waals surface area contributed by atoms with E-state index in [2.05, 4.69) is 152 Å². The summed E-state index contributed by atoms with van der Waals surface area (Å²) in [5.74, 6) is 0. The minimum Gasteiger partial charge on any atom is -1.00 e. The third kappa shape index (κ3) is 15.6. The van der Waals surface area contributed by atoms with E-state index in [0.29, 0.717) is 0 Å². The van der Waals surface area contributed by atoms with Crippen molar-refractivity contribution in [3.05, 3.63) is 97.6 Å². The molecule has 0 bridgehead atoms. The summed E-state index contributed by atoms with van der Waals surface area (Å²) in [4.78, 5) is 18.7. The number of aromatic nitrogens is 4. The number of hydrogen-bond donors (Lipinski definition) is 0. The van der Waals surface area contributed by atoms with E-state index in [4.69, 9.17) is 0 Å². The molecule has 4 aromatic rings. The first kappa shape index (κ1) is 47.8. The monoisotopic (exact) mass is 1040 g/mol. The molecule has 0 aliphatic rings. The molecule has 0 N–H and O–H groups in total.